The summed E-state index contributed by atoms with van der Waals surface area (Å²) in [6.07, 6.45) is -4.66. The maximum Gasteiger partial charge on any atom is 0.352 e. The molecule has 108 valence electrons. The predicted octanol–water partition coefficient (Wildman–Crippen LogP) is -1.35. The number of fused-ring (bicyclic) bond motifs is 1. The van der Waals surface area contributed by atoms with Crippen LogP contribution in [0.25, 0.3) is 10.2 Å². The Hall–Kier alpha value is -1.52. The molecular formula is C11H13N3O5S. The van der Waals surface area contributed by atoms with Gasteiger partial charge >= 0.3 is 5.69 Å². The van der Waals surface area contributed by atoms with Crippen LogP contribution in [0.3, 0.4) is 0 Å². The van der Waals surface area contributed by atoms with Gasteiger partial charge in [0.05, 0.1) is 12.0 Å². The van der Waals surface area contributed by atoms with Crippen molar-refractivity contribution < 1.29 is 20.1 Å². The molecule has 0 saturated carbocycles. The van der Waals surface area contributed by atoms with E-state index >= 15 is 0 Å². The number of nitrogens with two attached hydrogens (primary N) is 1. The van der Waals surface area contributed by atoms with Crippen molar-refractivity contribution in [2.45, 2.75) is 24.5 Å². The number of nitrogens with zero attached hydrogens (tertiary/aromatic N) is 2. The van der Waals surface area contributed by atoms with E-state index in [1.165, 1.54) is 11.3 Å². The number of thiophene rings is 1. The fraction of sp³-hybridized carbons (Fsp3) is 0.455. The van der Waals surface area contributed by atoms with Crippen molar-refractivity contribution in [3.8, 4) is 0 Å². The van der Waals surface area contributed by atoms with Crippen molar-refractivity contribution in [1.29, 1.82) is 0 Å². The third kappa shape index (κ3) is 1.83. The summed E-state index contributed by atoms with van der Waals surface area (Å²) >= 11 is 1.25. The zero-order valence-corrected chi connectivity index (χ0v) is 11.0. The quantitative estimate of drug-likeness (QED) is 0.539. The monoisotopic (exact) mass is 299 g/mol. The molecule has 2 aromatic heterocycles. The van der Waals surface area contributed by atoms with Crippen LogP contribution < -0.4 is 11.4 Å². The highest BCUT2D eigenvalue weighted by Gasteiger charge is 2.44. The summed E-state index contributed by atoms with van der Waals surface area (Å²) in [5.74, 6) is 0.106. The average molecular weight is 299 g/mol. The molecule has 2 aromatic rings. The zero-order chi connectivity index (χ0) is 14.4. The number of anilines is 1. The number of ether oxygens (including phenoxy) is 1. The Bertz CT molecular complexity index is 699. The van der Waals surface area contributed by atoms with Crippen LogP contribution >= 0.6 is 11.3 Å². The Labute approximate surface area is 116 Å². The van der Waals surface area contributed by atoms with Gasteiger partial charge in [-0.2, -0.15) is 4.98 Å². The lowest BCUT2D eigenvalue weighted by molar-refractivity contribution is -0.0524. The fourth-order valence-electron chi connectivity index (χ4n) is 2.30. The molecule has 3 heterocycles. The molecule has 4 unspecified atom stereocenters. The smallest absolute Gasteiger partial charge is 0.352 e. The number of rotatable bonds is 2. The lowest BCUT2D eigenvalue weighted by Gasteiger charge is -2.18. The first kappa shape index (κ1) is 13.5. The molecule has 1 saturated heterocycles. The van der Waals surface area contributed by atoms with Crippen LogP contribution in [0.1, 0.15) is 6.23 Å². The van der Waals surface area contributed by atoms with Crippen molar-refractivity contribution in [2.24, 2.45) is 0 Å². The summed E-state index contributed by atoms with van der Waals surface area (Å²) in [6.45, 7) is -0.459. The molecule has 8 nitrogen and oxygen atoms in total. The van der Waals surface area contributed by atoms with Crippen molar-refractivity contribution in [2.75, 3.05) is 12.3 Å². The maximum absolute atomic E-state index is 12.0. The fourth-order valence-corrected chi connectivity index (χ4v) is 3.23. The molecule has 1 fully saturated rings. The van der Waals surface area contributed by atoms with Crippen molar-refractivity contribution >= 4 is 27.4 Å². The minimum absolute atomic E-state index is 0.106. The first-order valence-corrected chi connectivity index (χ1v) is 6.80. The summed E-state index contributed by atoms with van der Waals surface area (Å²) < 4.78 is 6.51. The van der Waals surface area contributed by atoms with Gasteiger partial charge in [-0.1, -0.05) is 0 Å². The molecule has 3 rings (SSSR count). The molecule has 0 spiro atoms. The van der Waals surface area contributed by atoms with Crippen LogP contribution in [-0.2, 0) is 4.74 Å². The summed E-state index contributed by atoms with van der Waals surface area (Å²) in [5, 5.41) is 31.2. The van der Waals surface area contributed by atoms with Gasteiger partial charge in [0.2, 0.25) is 0 Å². The normalized spacial score (nSPS) is 30.1. The first-order chi connectivity index (χ1) is 9.54. The number of aromatic nitrogens is 2. The molecular weight excluding hydrogens is 286 g/mol. The van der Waals surface area contributed by atoms with Gasteiger partial charge in [-0.15, -0.1) is 11.3 Å². The van der Waals surface area contributed by atoms with Crippen molar-refractivity contribution in [3.63, 3.8) is 0 Å². The third-order valence-corrected chi connectivity index (χ3v) is 4.25. The second-order valence-electron chi connectivity index (χ2n) is 4.52. The van der Waals surface area contributed by atoms with E-state index in [9.17, 15) is 15.0 Å². The first-order valence-electron chi connectivity index (χ1n) is 5.92. The molecule has 4 atom stereocenters. The molecule has 1 aliphatic heterocycles. The van der Waals surface area contributed by atoms with Crippen LogP contribution in [0, 0.1) is 0 Å². The van der Waals surface area contributed by atoms with Gasteiger partial charge in [0.25, 0.3) is 0 Å². The Kier molecular flexibility index (Phi) is 3.22. The summed E-state index contributed by atoms with van der Waals surface area (Å²) in [7, 11) is 0. The molecule has 0 radical (unpaired) electrons. The van der Waals surface area contributed by atoms with Gasteiger partial charge in [-0.25, -0.2) is 4.79 Å². The number of nitrogen functional groups attached to an aromatic ring is 1. The van der Waals surface area contributed by atoms with E-state index in [-0.39, 0.29) is 5.82 Å². The van der Waals surface area contributed by atoms with Crippen molar-refractivity contribution in [3.05, 3.63) is 21.9 Å². The van der Waals surface area contributed by atoms with Gasteiger partial charge in [0, 0.05) is 0 Å². The molecule has 0 amide bonds. The Balaban J connectivity index is 2.16. The van der Waals surface area contributed by atoms with Gasteiger partial charge in [-0.3, -0.25) is 4.57 Å². The molecule has 9 heteroatoms. The summed E-state index contributed by atoms with van der Waals surface area (Å²) in [5.41, 5.74) is 5.00. The second-order valence-corrected chi connectivity index (χ2v) is 5.41. The highest BCUT2D eigenvalue weighted by molar-refractivity contribution is 7.16. The Morgan fingerprint density at radius 1 is 1.45 bits per heavy atom. The SMILES string of the molecule is Nc1nc(=O)n(C2OC(CO)C(O)C2O)c2sccc12. The van der Waals surface area contributed by atoms with Gasteiger partial charge < -0.3 is 25.8 Å². The topological polar surface area (TPSA) is 131 Å². The zero-order valence-electron chi connectivity index (χ0n) is 10.2. The predicted molar refractivity (Wildman–Crippen MR) is 71.3 cm³/mol. The largest absolute Gasteiger partial charge is 0.394 e. The van der Waals surface area contributed by atoms with E-state index in [0.29, 0.717) is 10.2 Å². The summed E-state index contributed by atoms with van der Waals surface area (Å²) in [6, 6.07) is 1.71. The van der Waals surface area contributed by atoms with Crippen LogP contribution in [-0.4, -0.2) is 49.8 Å². The van der Waals surface area contributed by atoms with Gasteiger partial charge in [0.15, 0.2) is 6.23 Å². The molecule has 5 N–H and O–H groups in total. The van der Waals surface area contributed by atoms with Crippen LogP contribution in [0.4, 0.5) is 5.82 Å². The lowest BCUT2D eigenvalue weighted by atomic mass is 10.1. The van der Waals surface area contributed by atoms with Crippen LogP contribution in [0.2, 0.25) is 0 Å². The van der Waals surface area contributed by atoms with E-state index in [1.54, 1.807) is 11.4 Å². The van der Waals surface area contributed by atoms with Crippen molar-refractivity contribution in [1.82, 2.24) is 9.55 Å². The van der Waals surface area contributed by atoms with E-state index in [4.69, 9.17) is 15.6 Å². The van der Waals surface area contributed by atoms with Gasteiger partial charge in [0.1, 0.15) is 29.0 Å². The van der Waals surface area contributed by atoms with E-state index in [1.807, 2.05) is 0 Å². The van der Waals surface area contributed by atoms with Gasteiger partial charge in [-0.05, 0) is 11.4 Å². The highest BCUT2D eigenvalue weighted by atomic mass is 32.1. The highest BCUT2D eigenvalue weighted by Crippen LogP contribution is 2.32. The molecule has 20 heavy (non-hydrogen) atoms. The Morgan fingerprint density at radius 3 is 2.85 bits per heavy atom. The minimum atomic E-state index is -1.33. The molecule has 0 aromatic carbocycles. The molecule has 0 bridgehead atoms. The van der Waals surface area contributed by atoms with Crippen LogP contribution in [0.5, 0.6) is 0 Å². The maximum atomic E-state index is 12.0. The Morgan fingerprint density at radius 2 is 2.20 bits per heavy atom. The van der Waals surface area contributed by atoms with Crippen LogP contribution in [0.15, 0.2) is 16.2 Å². The van der Waals surface area contributed by atoms with E-state index < -0.39 is 36.8 Å². The number of hydrogen-bond donors (Lipinski definition) is 4. The number of aliphatic hydroxyl groups is 3. The summed E-state index contributed by atoms with van der Waals surface area (Å²) in [4.78, 5) is 16.2. The minimum Gasteiger partial charge on any atom is -0.394 e. The number of aliphatic hydroxyl groups excluding tert-OH is 3. The van der Waals surface area contributed by atoms with E-state index in [0.717, 1.165) is 4.57 Å². The molecule has 1 aliphatic rings. The average Bonchev–Trinajstić information content (AvgIpc) is 2.99. The third-order valence-electron chi connectivity index (χ3n) is 3.33. The standard InChI is InChI=1S/C11H13N3O5S/c12-8-4-1-2-20-10(4)14(11(18)13-8)9-7(17)6(16)5(3-15)19-9/h1-2,5-7,9,15-17H,3H2,(H2,12,13,18). The van der Waals surface area contributed by atoms with E-state index in [2.05, 4.69) is 4.98 Å². The molecule has 0 aliphatic carbocycles. The lowest BCUT2D eigenvalue weighted by Crippen LogP contribution is -2.36. The number of hydrogen-bond acceptors (Lipinski definition) is 8. The second kappa shape index (κ2) is 4.79.